The molecule has 3 saturated carbocycles. The number of nitrogens with one attached hydrogen (secondary N) is 1. The highest BCUT2D eigenvalue weighted by Crippen LogP contribution is 2.48. The van der Waals surface area contributed by atoms with Crippen molar-refractivity contribution < 1.29 is 14.7 Å². The second-order valence-corrected chi connectivity index (χ2v) is 8.70. The molecule has 1 heterocycles. The number of carbonyl (C=O) groups is 2. The van der Waals surface area contributed by atoms with Gasteiger partial charge in [-0.25, -0.2) is 9.97 Å². The van der Waals surface area contributed by atoms with Gasteiger partial charge in [0.1, 0.15) is 5.82 Å². The van der Waals surface area contributed by atoms with E-state index in [9.17, 15) is 14.7 Å². The monoisotopic (exact) mass is 355 g/mol. The number of hydrogen-bond donors (Lipinski definition) is 2. The Bertz CT molecular complexity index is 761. The van der Waals surface area contributed by atoms with Crippen LogP contribution in [0.3, 0.4) is 0 Å². The molecule has 4 aliphatic rings. The number of carboxylic acid groups (broad SMARTS) is 1. The summed E-state index contributed by atoms with van der Waals surface area (Å²) < 4.78 is 0. The Morgan fingerprint density at radius 3 is 2.65 bits per heavy atom. The molecule has 0 spiro atoms. The van der Waals surface area contributed by atoms with Crippen LogP contribution in [-0.4, -0.2) is 33.0 Å². The molecular weight excluding hydrogens is 330 g/mol. The van der Waals surface area contributed by atoms with Gasteiger partial charge in [0.2, 0.25) is 5.91 Å². The zero-order valence-corrected chi connectivity index (χ0v) is 14.9. The minimum absolute atomic E-state index is 0.00716. The molecule has 0 radical (unpaired) electrons. The lowest BCUT2D eigenvalue weighted by atomic mass is 9.84. The first-order chi connectivity index (χ1) is 12.6. The van der Waals surface area contributed by atoms with Gasteiger partial charge in [-0.3, -0.25) is 9.59 Å². The third-order valence-corrected chi connectivity index (χ3v) is 6.98. The molecule has 0 saturated heterocycles. The van der Waals surface area contributed by atoms with E-state index >= 15 is 0 Å². The highest BCUT2D eigenvalue weighted by atomic mass is 16.4. The van der Waals surface area contributed by atoms with Gasteiger partial charge in [-0.05, 0) is 68.8 Å². The van der Waals surface area contributed by atoms with Crippen LogP contribution in [0.1, 0.15) is 61.5 Å². The SMILES string of the molecule is O=C(N[C@@H]1C[C@H]2C[C@@H]1C[C@H]2C(=O)O)C1CCc2nc(C3CC3)ncc2C1. The first kappa shape index (κ1) is 16.2. The zero-order chi connectivity index (χ0) is 17.8. The molecule has 1 aromatic rings. The molecule has 5 atom stereocenters. The van der Waals surface area contributed by atoms with Crippen LogP contribution in [0.5, 0.6) is 0 Å². The average Bonchev–Trinajstić information content (AvgIpc) is 3.31. The molecule has 1 amide bonds. The van der Waals surface area contributed by atoms with Crippen LogP contribution in [0, 0.1) is 23.7 Å². The van der Waals surface area contributed by atoms with Gasteiger partial charge in [0.05, 0.1) is 5.92 Å². The molecule has 3 fully saturated rings. The summed E-state index contributed by atoms with van der Waals surface area (Å²) in [6.45, 7) is 0. The predicted octanol–water partition coefficient (Wildman–Crippen LogP) is 2.07. The second kappa shape index (κ2) is 6.03. The van der Waals surface area contributed by atoms with Crippen LogP contribution in [0.15, 0.2) is 6.20 Å². The Morgan fingerprint density at radius 1 is 1.12 bits per heavy atom. The Morgan fingerprint density at radius 2 is 1.96 bits per heavy atom. The summed E-state index contributed by atoms with van der Waals surface area (Å²) in [4.78, 5) is 33.3. The Hall–Kier alpha value is -1.98. The molecule has 0 aliphatic heterocycles. The van der Waals surface area contributed by atoms with Gasteiger partial charge >= 0.3 is 5.97 Å². The van der Waals surface area contributed by atoms with Crippen LogP contribution in [0.2, 0.25) is 0 Å². The maximum absolute atomic E-state index is 12.8. The molecule has 26 heavy (non-hydrogen) atoms. The van der Waals surface area contributed by atoms with Gasteiger partial charge in [-0.1, -0.05) is 0 Å². The Balaban J connectivity index is 1.20. The zero-order valence-electron chi connectivity index (χ0n) is 14.9. The lowest BCUT2D eigenvalue weighted by molar-refractivity contribution is -0.143. The van der Waals surface area contributed by atoms with Crippen LogP contribution in [0.25, 0.3) is 0 Å². The number of aromatic nitrogens is 2. The number of rotatable bonds is 4. The molecular formula is C20H25N3O3. The number of carboxylic acids is 1. The molecule has 6 nitrogen and oxygen atoms in total. The third-order valence-electron chi connectivity index (χ3n) is 6.98. The number of fused-ring (bicyclic) bond motifs is 3. The summed E-state index contributed by atoms with van der Waals surface area (Å²) in [5.41, 5.74) is 2.26. The van der Waals surface area contributed by atoms with Gasteiger partial charge in [0, 0.05) is 29.8 Å². The van der Waals surface area contributed by atoms with Crippen molar-refractivity contribution >= 4 is 11.9 Å². The van der Waals surface area contributed by atoms with Crippen molar-refractivity contribution in [3.05, 3.63) is 23.3 Å². The first-order valence-corrected chi connectivity index (χ1v) is 9.96. The summed E-state index contributed by atoms with van der Waals surface area (Å²) >= 11 is 0. The predicted molar refractivity (Wildman–Crippen MR) is 93.4 cm³/mol. The lowest BCUT2D eigenvalue weighted by Gasteiger charge is -2.29. The summed E-state index contributed by atoms with van der Waals surface area (Å²) in [6, 6.07) is 0.165. The summed E-state index contributed by atoms with van der Waals surface area (Å²) in [5, 5.41) is 12.5. The second-order valence-electron chi connectivity index (χ2n) is 8.70. The van der Waals surface area contributed by atoms with Crippen molar-refractivity contribution in [2.45, 2.75) is 63.3 Å². The van der Waals surface area contributed by atoms with Gasteiger partial charge in [0.15, 0.2) is 0 Å². The van der Waals surface area contributed by atoms with Crippen LogP contribution in [-0.2, 0) is 22.4 Å². The molecule has 6 heteroatoms. The smallest absolute Gasteiger partial charge is 0.306 e. The van der Waals surface area contributed by atoms with Crippen LogP contribution < -0.4 is 5.32 Å². The molecule has 4 aliphatic carbocycles. The number of aryl methyl sites for hydroxylation is 1. The van der Waals surface area contributed by atoms with Crippen molar-refractivity contribution in [2.75, 3.05) is 0 Å². The van der Waals surface area contributed by atoms with E-state index in [1.165, 1.54) is 12.8 Å². The van der Waals surface area contributed by atoms with Crippen molar-refractivity contribution in [2.24, 2.45) is 23.7 Å². The molecule has 138 valence electrons. The lowest BCUT2D eigenvalue weighted by Crippen LogP contribution is -2.44. The largest absolute Gasteiger partial charge is 0.481 e. The number of aliphatic carboxylic acids is 1. The van der Waals surface area contributed by atoms with Gasteiger partial charge in [-0.2, -0.15) is 0 Å². The number of hydrogen-bond acceptors (Lipinski definition) is 4. The van der Waals surface area contributed by atoms with Gasteiger partial charge in [-0.15, -0.1) is 0 Å². The number of amides is 1. The fourth-order valence-corrected chi connectivity index (χ4v) is 5.34. The van der Waals surface area contributed by atoms with Crippen molar-refractivity contribution in [1.82, 2.24) is 15.3 Å². The minimum atomic E-state index is -0.670. The maximum atomic E-state index is 12.8. The molecule has 2 bridgehead atoms. The molecule has 0 aromatic carbocycles. The van der Waals surface area contributed by atoms with E-state index in [0.29, 0.717) is 11.8 Å². The van der Waals surface area contributed by atoms with Crippen molar-refractivity contribution in [3.8, 4) is 0 Å². The highest BCUT2D eigenvalue weighted by Gasteiger charge is 2.49. The van der Waals surface area contributed by atoms with E-state index in [1.54, 1.807) is 0 Å². The quantitative estimate of drug-likeness (QED) is 0.863. The van der Waals surface area contributed by atoms with E-state index in [2.05, 4.69) is 10.3 Å². The van der Waals surface area contributed by atoms with Crippen LogP contribution in [0.4, 0.5) is 0 Å². The molecule has 2 N–H and O–H groups in total. The normalized spacial score (nSPS) is 35.2. The number of carbonyl (C=O) groups excluding carboxylic acids is 1. The first-order valence-electron chi connectivity index (χ1n) is 9.96. The minimum Gasteiger partial charge on any atom is -0.481 e. The standard InChI is InChI=1S/C20H25N3O3/c24-19(23-17-8-12-6-13(17)7-15(12)20(25)26)11-3-4-16-14(5-11)9-21-18(22-16)10-1-2-10/h9-13,15,17H,1-8H2,(H,23,24)(H,25,26)/t11?,12-,13-,15-,17-/m1/s1. The van der Waals surface area contributed by atoms with Crippen molar-refractivity contribution in [3.63, 3.8) is 0 Å². The maximum Gasteiger partial charge on any atom is 0.306 e. The fraction of sp³-hybridized carbons (Fsp3) is 0.700. The molecule has 1 aromatic heterocycles. The van der Waals surface area contributed by atoms with Crippen LogP contribution >= 0.6 is 0 Å². The summed E-state index contributed by atoms with van der Waals surface area (Å²) in [7, 11) is 0. The molecule has 1 unspecified atom stereocenters. The molecule has 5 rings (SSSR count). The van der Waals surface area contributed by atoms with E-state index in [0.717, 1.165) is 55.6 Å². The van der Waals surface area contributed by atoms with E-state index in [1.807, 2.05) is 6.20 Å². The van der Waals surface area contributed by atoms with Crippen molar-refractivity contribution in [1.29, 1.82) is 0 Å². The Labute approximate surface area is 152 Å². The van der Waals surface area contributed by atoms with Gasteiger partial charge in [0.25, 0.3) is 0 Å². The third kappa shape index (κ3) is 2.79. The number of nitrogens with zero attached hydrogens (tertiary/aromatic N) is 2. The summed E-state index contributed by atoms with van der Waals surface area (Å²) in [5.74, 6) is 1.38. The Kier molecular flexibility index (Phi) is 3.76. The average molecular weight is 355 g/mol. The topological polar surface area (TPSA) is 92.2 Å². The van der Waals surface area contributed by atoms with E-state index < -0.39 is 5.97 Å². The van der Waals surface area contributed by atoms with E-state index in [4.69, 9.17) is 4.98 Å². The van der Waals surface area contributed by atoms with E-state index in [-0.39, 0.29) is 29.7 Å². The summed E-state index contributed by atoms with van der Waals surface area (Å²) in [6.07, 6.45) is 9.27. The van der Waals surface area contributed by atoms with Gasteiger partial charge < -0.3 is 10.4 Å². The fourth-order valence-electron chi connectivity index (χ4n) is 5.34. The highest BCUT2D eigenvalue weighted by molar-refractivity contribution is 5.80.